The van der Waals surface area contributed by atoms with Crippen LogP contribution in [0.15, 0.2) is 49.0 Å². The molecule has 0 bridgehead atoms. The van der Waals surface area contributed by atoms with Gasteiger partial charge in [-0.1, -0.05) is 36.4 Å². The standard InChI is InChI=1S/C24H26ClNO2/c1-6-18-11-12-19-20(26-18)13-15(2)22(21(14-27)28-24(3,4)5)23(19)16-7-9-17(25)10-8-16/h6-13,21,27H,1,14H2,2-5H3. The number of aromatic nitrogens is 1. The molecule has 2 aromatic carbocycles. The number of aryl methyl sites for hydroxylation is 1. The minimum atomic E-state index is -0.450. The number of aliphatic hydroxyl groups is 1. The molecule has 0 saturated heterocycles. The zero-order valence-corrected chi connectivity index (χ0v) is 17.5. The lowest BCUT2D eigenvalue weighted by molar-refractivity contribution is -0.0821. The molecule has 146 valence electrons. The molecule has 1 unspecified atom stereocenters. The fourth-order valence-electron chi connectivity index (χ4n) is 3.51. The molecular formula is C24H26ClNO2. The molecule has 1 heterocycles. The van der Waals surface area contributed by atoms with Crippen LogP contribution in [0.1, 0.15) is 43.7 Å². The van der Waals surface area contributed by atoms with E-state index in [9.17, 15) is 5.11 Å². The van der Waals surface area contributed by atoms with Crippen LogP contribution < -0.4 is 0 Å². The van der Waals surface area contributed by atoms with Gasteiger partial charge in [0, 0.05) is 10.4 Å². The summed E-state index contributed by atoms with van der Waals surface area (Å²) in [7, 11) is 0. The van der Waals surface area contributed by atoms with Gasteiger partial charge in [0.15, 0.2) is 0 Å². The Morgan fingerprint density at radius 1 is 1.18 bits per heavy atom. The zero-order chi connectivity index (χ0) is 20.5. The molecule has 3 rings (SSSR count). The van der Waals surface area contributed by atoms with Crippen molar-refractivity contribution in [3.8, 4) is 11.1 Å². The average molecular weight is 396 g/mol. The number of hydrogen-bond acceptors (Lipinski definition) is 3. The molecule has 0 aliphatic heterocycles. The van der Waals surface area contributed by atoms with Gasteiger partial charge in [-0.05, 0) is 80.3 Å². The summed E-state index contributed by atoms with van der Waals surface area (Å²) in [6.45, 7) is 11.7. The van der Waals surface area contributed by atoms with Gasteiger partial charge in [0.1, 0.15) is 6.10 Å². The third-order valence-electron chi connectivity index (χ3n) is 4.59. The number of aliphatic hydroxyl groups excluding tert-OH is 1. The number of fused-ring (bicyclic) bond motifs is 1. The molecule has 0 radical (unpaired) electrons. The van der Waals surface area contributed by atoms with Crippen molar-refractivity contribution in [2.75, 3.05) is 6.61 Å². The fraction of sp³-hybridized carbons (Fsp3) is 0.292. The van der Waals surface area contributed by atoms with E-state index in [1.807, 2.05) is 64.1 Å². The Bertz CT molecular complexity index is 1000. The lowest BCUT2D eigenvalue weighted by Crippen LogP contribution is -2.25. The molecule has 3 aromatic rings. The highest BCUT2D eigenvalue weighted by Crippen LogP contribution is 2.40. The Balaban J connectivity index is 2.35. The maximum Gasteiger partial charge on any atom is 0.107 e. The van der Waals surface area contributed by atoms with E-state index in [4.69, 9.17) is 21.3 Å². The predicted molar refractivity (Wildman–Crippen MR) is 118 cm³/mol. The minimum Gasteiger partial charge on any atom is -0.393 e. The molecule has 28 heavy (non-hydrogen) atoms. The summed E-state index contributed by atoms with van der Waals surface area (Å²) in [5.74, 6) is 0. The van der Waals surface area contributed by atoms with E-state index in [0.29, 0.717) is 5.02 Å². The van der Waals surface area contributed by atoms with Gasteiger partial charge in [0.2, 0.25) is 0 Å². The van der Waals surface area contributed by atoms with Crippen molar-refractivity contribution in [3.63, 3.8) is 0 Å². The molecule has 0 saturated carbocycles. The minimum absolute atomic E-state index is 0.109. The summed E-state index contributed by atoms with van der Waals surface area (Å²) in [4.78, 5) is 4.71. The van der Waals surface area contributed by atoms with Gasteiger partial charge in [-0.25, -0.2) is 4.98 Å². The smallest absolute Gasteiger partial charge is 0.107 e. The first-order chi connectivity index (χ1) is 13.2. The first-order valence-electron chi connectivity index (χ1n) is 9.35. The van der Waals surface area contributed by atoms with Crippen molar-refractivity contribution in [2.24, 2.45) is 0 Å². The summed E-state index contributed by atoms with van der Waals surface area (Å²) >= 11 is 6.12. The van der Waals surface area contributed by atoms with E-state index in [1.165, 1.54) is 0 Å². The predicted octanol–water partition coefficient (Wildman–Crippen LogP) is 6.36. The average Bonchev–Trinajstić information content (AvgIpc) is 2.65. The van der Waals surface area contributed by atoms with Crippen LogP contribution >= 0.6 is 11.6 Å². The van der Waals surface area contributed by atoms with Gasteiger partial charge in [0.25, 0.3) is 0 Å². The van der Waals surface area contributed by atoms with Crippen molar-refractivity contribution in [1.29, 1.82) is 0 Å². The molecule has 0 aliphatic rings. The Morgan fingerprint density at radius 2 is 1.86 bits per heavy atom. The third-order valence-corrected chi connectivity index (χ3v) is 4.84. The van der Waals surface area contributed by atoms with Crippen molar-refractivity contribution in [1.82, 2.24) is 4.98 Å². The van der Waals surface area contributed by atoms with Gasteiger partial charge in [-0.3, -0.25) is 0 Å². The summed E-state index contributed by atoms with van der Waals surface area (Å²) in [5, 5.41) is 11.8. The molecule has 1 N–H and O–H groups in total. The summed E-state index contributed by atoms with van der Waals surface area (Å²) in [6.07, 6.45) is 1.29. The zero-order valence-electron chi connectivity index (χ0n) is 16.8. The maximum absolute atomic E-state index is 10.2. The number of rotatable bonds is 5. The number of halogens is 1. The van der Waals surface area contributed by atoms with Crippen LogP contribution in [0, 0.1) is 6.92 Å². The first-order valence-corrected chi connectivity index (χ1v) is 9.72. The van der Waals surface area contributed by atoms with E-state index in [2.05, 4.69) is 12.6 Å². The molecule has 1 atom stereocenters. The Morgan fingerprint density at radius 3 is 2.43 bits per heavy atom. The van der Waals surface area contributed by atoms with Crippen molar-refractivity contribution in [2.45, 2.75) is 39.4 Å². The second kappa shape index (κ2) is 8.04. The molecule has 1 aromatic heterocycles. The molecule has 0 spiro atoms. The van der Waals surface area contributed by atoms with E-state index < -0.39 is 11.7 Å². The first kappa shape index (κ1) is 20.5. The summed E-state index contributed by atoms with van der Waals surface area (Å²) in [5.41, 5.74) is 5.34. The second-order valence-corrected chi connectivity index (χ2v) is 8.33. The van der Waals surface area contributed by atoms with Crippen LogP contribution in [0.3, 0.4) is 0 Å². The van der Waals surface area contributed by atoms with Crippen LogP contribution in [-0.4, -0.2) is 22.3 Å². The largest absolute Gasteiger partial charge is 0.393 e. The Hall–Kier alpha value is -2.20. The van der Waals surface area contributed by atoms with E-state index in [-0.39, 0.29) is 6.61 Å². The monoisotopic (exact) mass is 395 g/mol. The molecule has 0 amide bonds. The van der Waals surface area contributed by atoms with E-state index >= 15 is 0 Å². The molecular weight excluding hydrogens is 370 g/mol. The van der Waals surface area contributed by atoms with Crippen LogP contribution in [0.4, 0.5) is 0 Å². The topological polar surface area (TPSA) is 42.4 Å². The van der Waals surface area contributed by atoms with Gasteiger partial charge < -0.3 is 9.84 Å². The third kappa shape index (κ3) is 4.27. The van der Waals surface area contributed by atoms with Gasteiger partial charge in [-0.15, -0.1) is 0 Å². The highest BCUT2D eigenvalue weighted by atomic mass is 35.5. The fourth-order valence-corrected chi connectivity index (χ4v) is 3.63. The lowest BCUT2D eigenvalue weighted by atomic mass is 9.88. The number of nitrogens with zero attached hydrogens (tertiary/aromatic N) is 1. The van der Waals surface area contributed by atoms with Crippen LogP contribution in [0.25, 0.3) is 28.1 Å². The van der Waals surface area contributed by atoms with Crippen molar-refractivity contribution >= 4 is 28.6 Å². The number of ether oxygens (including phenoxy) is 1. The summed E-state index contributed by atoms with van der Waals surface area (Å²) < 4.78 is 6.22. The van der Waals surface area contributed by atoms with Gasteiger partial charge in [0.05, 0.1) is 23.4 Å². The highest BCUT2D eigenvalue weighted by molar-refractivity contribution is 6.30. The van der Waals surface area contributed by atoms with E-state index in [0.717, 1.165) is 38.9 Å². The van der Waals surface area contributed by atoms with Crippen molar-refractivity contribution < 1.29 is 9.84 Å². The highest BCUT2D eigenvalue weighted by Gasteiger charge is 2.26. The molecule has 4 heteroatoms. The Labute approximate surface area is 171 Å². The summed E-state index contributed by atoms with van der Waals surface area (Å²) in [6, 6.07) is 13.8. The van der Waals surface area contributed by atoms with Crippen LogP contribution in [-0.2, 0) is 4.74 Å². The van der Waals surface area contributed by atoms with Crippen LogP contribution in [0.2, 0.25) is 5.02 Å². The van der Waals surface area contributed by atoms with E-state index in [1.54, 1.807) is 6.08 Å². The Kier molecular flexibility index (Phi) is 5.90. The van der Waals surface area contributed by atoms with Gasteiger partial charge in [-0.2, -0.15) is 0 Å². The molecule has 0 aliphatic carbocycles. The molecule has 3 nitrogen and oxygen atoms in total. The SMILES string of the molecule is C=Cc1ccc2c(-c3ccc(Cl)cc3)c(C(CO)OC(C)(C)C)c(C)cc2n1. The lowest BCUT2D eigenvalue weighted by Gasteiger charge is -2.30. The van der Waals surface area contributed by atoms with Gasteiger partial charge >= 0.3 is 0 Å². The number of benzene rings is 2. The molecule has 0 fully saturated rings. The van der Waals surface area contributed by atoms with Crippen LogP contribution in [0.5, 0.6) is 0 Å². The normalized spacial score (nSPS) is 12.9. The maximum atomic E-state index is 10.2. The number of pyridine rings is 1. The number of hydrogen-bond donors (Lipinski definition) is 1. The second-order valence-electron chi connectivity index (χ2n) is 7.90. The quantitative estimate of drug-likeness (QED) is 0.546. The van der Waals surface area contributed by atoms with Crippen molar-refractivity contribution in [3.05, 3.63) is 70.9 Å².